The molecule has 0 amide bonds. The summed E-state index contributed by atoms with van der Waals surface area (Å²) in [5.41, 5.74) is 13.6. The fourth-order valence-electron chi connectivity index (χ4n) is 2.24. The van der Waals surface area contributed by atoms with E-state index in [0.717, 1.165) is 41.2 Å². The first-order valence-electron chi connectivity index (χ1n) is 5.35. The van der Waals surface area contributed by atoms with Crippen LogP contribution in [0.1, 0.15) is 0 Å². The van der Waals surface area contributed by atoms with E-state index in [9.17, 15) is 0 Å². The summed E-state index contributed by atoms with van der Waals surface area (Å²) in [7, 11) is 0. The summed E-state index contributed by atoms with van der Waals surface area (Å²) in [6.07, 6.45) is 3.41. The van der Waals surface area contributed by atoms with E-state index in [1.807, 2.05) is 12.1 Å². The van der Waals surface area contributed by atoms with E-state index in [1.54, 1.807) is 35.1 Å². The molecule has 0 aliphatic heterocycles. The van der Waals surface area contributed by atoms with Crippen LogP contribution in [0.4, 0.5) is 10.0 Å². The molecule has 88 valence electrons. The maximum Gasteiger partial charge on any atom is 0.0981 e. The molecule has 3 aromatic heterocycles. The molecule has 4 aromatic rings. The van der Waals surface area contributed by atoms with Gasteiger partial charge in [-0.05, 0) is 12.1 Å². The Morgan fingerprint density at radius 1 is 0.778 bits per heavy atom. The summed E-state index contributed by atoms with van der Waals surface area (Å²) in [6, 6.07) is 3.93. The largest absolute Gasteiger partial charge is 0.391 e. The van der Waals surface area contributed by atoms with Crippen molar-refractivity contribution in [1.82, 2.24) is 9.97 Å². The highest BCUT2D eigenvalue weighted by molar-refractivity contribution is 7.30. The van der Waals surface area contributed by atoms with Crippen molar-refractivity contribution in [2.75, 3.05) is 11.5 Å². The number of nitrogens with two attached hydrogens (primary N) is 2. The first-order valence-corrected chi connectivity index (χ1v) is 6.98. The molecule has 0 aliphatic carbocycles. The minimum absolute atomic E-state index is 0.788. The lowest BCUT2D eigenvalue weighted by atomic mass is 10.1. The minimum Gasteiger partial charge on any atom is -0.391 e. The van der Waals surface area contributed by atoms with Gasteiger partial charge in [0.2, 0.25) is 0 Å². The number of rotatable bonds is 0. The van der Waals surface area contributed by atoms with Gasteiger partial charge in [0.05, 0.1) is 30.4 Å². The molecule has 4 nitrogen and oxygen atoms in total. The van der Waals surface area contributed by atoms with Gasteiger partial charge in [-0.15, -0.1) is 22.7 Å². The molecule has 0 spiro atoms. The van der Waals surface area contributed by atoms with E-state index < -0.39 is 0 Å². The van der Waals surface area contributed by atoms with Crippen LogP contribution < -0.4 is 11.5 Å². The summed E-state index contributed by atoms with van der Waals surface area (Å²) in [4.78, 5) is 8.87. The second-order valence-electron chi connectivity index (χ2n) is 4.04. The molecule has 0 saturated heterocycles. The molecule has 0 unspecified atom stereocenters. The van der Waals surface area contributed by atoms with Crippen LogP contribution in [0, 0.1) is 0 Å². The van der Waals surface area contributed by atoms with Crippen molar-refractivity contribution in [2.45, 2.75) is 0 Å². The van der Waals surface area contributed by atoms with Crippen molar-refractivity contribution < 1.29 is 0 Å². The van der Waals surface area contributed by atoms with Gasteiger partial charge in [-0.3, -0.25) is 9.97 Å². The Kier molecular flexibility index (Phi) is 1.84. The van der Waals surface area contributed by atoms with E-state index in [-0.39, 0.29) is 0 Å². The number of hydrogen-bond acceptors (Lipinski definition) is 6. The second-order valence-corrected chi connectivity index (χ2v) is 6.20. The van der Waals surface area contributed by atoms with Crippen LogP contribution in [-0.2, 0) is 0 Å². The smallest absolute Gasteiger partial charge is 0.0981 e. The standard InChI is InChI=1S/C12H8N4S2/c13-7-3-5-9-10(16-2-1-15-9)6-4-8(14)18-12(6)11(5)17-7/h1-4H,13-14H2. The van der Waals surface area contributed by atoms with Crippen molar-refractivity contribution in [3.05, 3.63) is 24.5 Å². The average molecular weight is 272 g/mol. The predicted molar refractivity (Wildman–Crippen MR) is 79.1 cm³/mol. The van der Waals surface area contributed by atoms with E-state index in [4.69, 9.17) is 11.5 Å². The van der Waals surface area contributed by atoms with Crippen LogP contribution in [0.15, 0.2) is 24.5 Å². The number of thiophene rings is 2. The summed E-state index contributed by atoms with van der Waals surface area (Å²) in [6.45, 7) is 0. The van der Waals surface area contributed by atoms with Gasteiger partial charge in [0.25, 0.3) is 0 Å². The molecule has 4 N–H and O–H groups in total. The van der Waals surface area contributed by atoms with Gasteiger partial charge in [-0.1, -0.05) is 0 Å². The number of benzene rings is 1. The van der Waals surface area contributed by atoms with Crippen LogP contribution >= 0.6 is 22.7 Å². The lowest BCUT2D eigenvalue weighted by Crippen LogP contribution is -1.83. The molecule has 3 heterocycles. The van der Waals surface area contributed by atoms with Crippen molar-refractivity contribution in [2.24, 2.45) is 0 Å². The fraction of sp³-hybridized carbons (Fsp3) is 0. The molecule has 0 bridgehead atoms. The summed E-state index contributed by atoms with van der Waals surface area (Å²) in [5, 5.41) is 3.71. The zero-order valence-electron chi connectivity index (χ0n) is 9.18. The Morgan fingerprint density at radius 2 is 1.22 bits per heavy atom. The summed E-state index contributed by atoms with van der Waals surface area (Å²) in [5.74, 6) is 0. The summed E-state index contributed by atoms with van der Waals surface area (Å²) >= 11 is 3.15. The normalized spacial score (nSPS) is 11.8. The van der Waals surface area contributed by atoms with Gasteiger partial charge in [0, 0.05) is 23.2 Å². The third-order valence-corrected chi connectivity index (χ3v) is 5.01. The number of fused-ring (bicyclic) bond motifs is 6. The molecule has 6 heteroatoms. The fourth-order valence-corrected chi connectivity index (χ4v) is 4.25. The minimum atomic E-state index is 0.788. The molecular weight excluding hydrogens is 264 g/mol. The highest BCUT2D eigenvalue weighted by atomic mass is 32.1. The Morgan fingerprint density at radius 3 is 1.67 bits per heavy atom. The monoisotopic (exact) mass is 272 g/mol. The van der Waals surface area contributed by atoms with Gasteiger partial charge < -0.3 is 11.5 Å². The van der Waals surface area contributed by atoms with E-state index in [0.29, 0.717) is 0 Å². The number of anilines is 2. The molecule has 0 radical (unpaired) electrons. The Bertz CT molecular complexity index is 832. The van der Waals surface area contributed by atoms with Gasteiger partial charge in [-0.25, -0.2) is 0 Å². The van der Waals surface area contributed by atoms with Crippen LogP contribution in [0.25, 0.3) is 31.2 Å². The Balaban J connectivity index is 2.44. The average Bonchev–Trinajstić information content (AvgIpc) is 2.92. The molecule has 1 aromatic carbocycles. The maximum atomic E-state index is 5.92. The first-order chi connectivity index (χ1) is 8.74. The lowest BCUT2D eigenvalue weighted by Gasteiger charge is -1.99. The van der Waals surface area contributed by atoms with Gasteiger partial charge in [0.15, 0.2) is 0 Å². The van der Waals surface area contributed by atoms with E-state index >= 15 is 0 Å². The molecular formula is C12H8N4S2. The zero-order chi connectivity index (χ0) is 12.3. The molecule has 0 atom stereocenters. The van der Waals surface area contributed by atoms with E-state index in [2.05, 4.69) is 9.97 Å². The lowest BCUT2D eigenvalue weighted by molar-refractivity contribution is 1.31. The third kappa shape index (κ3) is 1.19. The Hall–Kier alpha value is -1.92. The Labute approximate surface area is 110 Å². The highest BCUT2D eigenvalue weighted by Gasteiger charge is 2.14. The highest BCUT2D eigenvalue weighted by Crippen LogP contribution is 2.43. The van der Waals surface area contributed by atoms with Crippen LogP contribution in [0.5, 0.6) is 0 Å². The number of nitrogens with zero attached hydrogens (tertiary/aromatic N) is 2. The number of nitrogen functional groups attached to an aromatic ring is 2. The van der Waals surface area contributed by atoms with Crippen LogP contribution in [0.2, 0.25) is 0 Å². The SMILES string of the molecule is Nc1cc2c3nccnc3c3cc(N)sc3c2s1. The molecule has 18 heavy (non-hydrogen) atoms. The van der Waals surface area contributed by atoms with Gasteiger partial charge >= 0.3 is 0 Å². The van der Waals surface area contributed by atoms with Crippen molar-refractivity contribution in [3.8, 4) is 0 Å². The zero-order valence-corrected chi connectivity index (χ0v) is 10.8. The molecule has 4 rings (SSSR count). The van der Waals surface area contributed by atoms with Crippen molar-refractivity contribution >= 4 is 63.9 Å². The second kappa shape index (κ2) is 3.30. The molecule has 0 fully saturated rings. The first kappa shape index (κ1) is 10.0. The van der Waals surface area contributed by atoms with Gasteiger partial charge in [0.1, 0.15) is 0 Å². The van der Waals surface area contributed by atoms with Crippen LogP contribution in [-0.4, -0.2) is 9.97 Å². The van der Waals surface area contributed by atoms with E-state index in [1.165, 1.54) is 0 Å². The van der Waals surface area contributed by atoms with Crippen molar-refractivity contribution in [3.63, 3.8) is 0 Å². The number of hydrogen-bond donors (Lipinski definition) is 2. The predicted octanol–water partition coefficient (Wildman–Crippen LogP) is 3.22. The van der Waals surface area contributed by atoms with Gasteiger partial charge in [-0.2, -0.15) is 0 Å². The van der Waals surface area contributed by atoms with Crippen LogP contribution in [0.3, 0.4) is 0 Å². The van der Waals surface area contributed by atoms with Crippen molar-refractivity contribution in [1.29, 1.82) is 0 Å². The molecule has 0 aliphatic rings. The quantitative estimate of drug-likeness (QED) is 0.515. The number of aromatic nitrogens is 2. The summed E-state index contributed by atoms with van der Waals surface area (Å²) < 4.78 is 2.30. The maximum absolute atomic E-state index is 5.92. The third-order valence-electron chi connectivity index (χ3n) is 2.92. The molecule has 0 saturated carbocycles. The topological polar surface area (TPSA) is 77.8 Å².